The van der Waals surface area contributed by atoms with Crippen LogP contribution in [0.4, 0.5) is 0 Å². The van der Waals surface area contributed by atoms with Crippen molar-refractivity contribution in [1.29, 1.82) is 5.26 Å². The predicted molar refractivity (Wildman–Crippen MR) is 75.2 cm³/mol. The van der Waals surface area contributed by atoms with Gasteiger partial charge in [0.1, 0.15) is 6.07 Å². The summed E-state index contributed by atoms with van der Waals surface area (Å²) in [4.78, 5) is 15.7. The minimum absolute atomic E-state index is 0.545. The number of thiophene rings is 1. The Morgan fingerprint density at radius 2 is 2.11 bits per heavy atom. The van der Waals surface area contributed by atoms with Gasteiger partial charge in [0, 0.05) is 11.6 Å². The van der Waals surface area contributed by atoms with Gasteiger partial charge in [-0.2, -0.15) is 5.26 Å². The van der Waals surface area contributed by atoms with E-state index in [-0.39, 0.29) is 0 Å². The van der Waals surface area contributed by atoms with Gasteiger partial charge in [-0.3, -0.25) is 9.78 Å². The molecule has 4 heteroatoms. The number of nitriles is 1. The molecule has 0 spiro atoms. The molecule has 1 aromatic carbocycles. The third-order valence-electron chi connectivity index (χ3n) is 2.88. The quantitative estimate of drug-likeness (QED) is 0.664. The highest BCUT2D eigenvalue weighted by Gasteiger charge is 2.04. The lowest BCUT2D eigenvalue weighted by Gasteiger charge is -2.01. The molecule has 90 valence electrons. The topological polar surface area (TPSA) is 53.8 Å². The van der Waals surface area contributed by atoms with E-state index in [1.54, 1.807) is 6.20 Å². The SMILES string of the molecule is N#Cc1cnc2ccc(-c3csc(C=O)c3)cc2c1. The zero-order valence-electron chi connectivity index (χ0n) is 9.83. The lowest BCUT2D eigenvalue weighted by atomic mass is 10.1. The van der Waals surface area contributed by atoms with E-state index in [1.165, 1.54) is 11.3 Å². The van der Waals surface area contributed by atoms with Crippen LogP contribution in [0.15, 0.2) is 41.9 Å². The largest absolute Gasteiger partial charge is 0.297 e. The van der Waals surface area contributed by atoms with Crippen LogP contribution in [0.5, 0.6) is 0 Å². The summed E-state index contributed by atoms with van der Waals surface area (Å²) in [6.45, 7) is 0. The number of nitrogens with zero attached hydrogens (tertiary/aromatic N) is 2. The smallest absolute Gasteiger partial charge is 0.160 e. The van der Waals surface area contributed by atoms with E-state index >= 15 is 0 Å². The lowest BCUT2D eigenvalue weighted by molar-refractivity contribution is 0.112. The van der Waals surface area contributed by atoms with Crippen LogP contribution in [0.25, 0.3) is 22.0 Å². The molecule has 3 aromatic rings. The Morgan fingerprint density at radius 1 is 1.21 bits per heavy atom. The van der Waals surface area contributed by atoms with Crippen molar-refractivity contribution in [3.63, 3.8) is 0 Å². The van der Waals surface area contributed by atoms with Gasteiger partial charge in [0.2, 0.25) is 0 Å². The first-order valence-corrected chi connectivity index (χ1v) is 6.52. The third-order valence-corrected chi connectivity index (χ3v) is 3.74. The molecule has 0 saturated heterocycles. The minimum Gasteiger partial charge on any atom is -0.297 e. The van der Waals surface area contributed by atoms with Crippen LogP contribution >= 0.6 is 11.3 Å². The second-order valence-electron chi connectivity index (χ2n) is 4.10. The Balaban J connectivity index is 2.14. The van der Waals surface area contributed by atoms with Crippen LogP contribution in [-0.4, -0.2) is 11.3 Å². The van der Waals surface area contributed by atoms with Gasteiger partial charge in [-0.05, 0) is 40.8 Å². The number of carbonyl (C=O) groups excluding carboxylic acids is 1. The Bertz CT molecular complexity index is 814. The van der Waals surface area contributed by atoms with Crippen LogP contribution in [0, 0.1) is 11.3 Å². The normalized spacial score (nSPS) is 10.3. The van der Waals surface area contributed by atoms with Gasteiger partial charge >= 0.3 is 0 Å². The molecule has 3 nitrogen and oxygen atoms in total. The summed E-state index contributed by atoms with van der Waals surface area (Å²) in [7, 11) is 0. The maximum atomic E-state index is 10.7. The van der Waals surface area contributed by atoms with E-state index in [0.29, 0.717) is 10.4 Å². The number of pyridine rings is 1. The summed E-state index contributed by atoms with van der Waals surface area (Å²) in [5, 5.41) is 11.8. The van der Waals surface area contributed by atoms with Gasteiger partial charge in [-0.25, -0.2) is 0 Å². The first-order chi connectivity index (χ1) is 9.30. The van der Waals surface area contributed by atoms with Crippen molar-refractivity contribution < 1.29 is 4.79 Å². The fourth-order valence-electron chi connectivity index (χ4n) is 1.94. The van der Waals surface area contributed by atoms with E-state index in [4.69, 9.17) is 5.26 Å². The van der Waals surface area contributed by atoms with Crippen molar-refractivity contribution in [2.45, 2.75) is 0 Å². The van der Waals surface area contributed by atoms with E-state index in [0.717, 1.165) is 28.3 Å². The number of rotatable bonds is 2. The summed E-state index contributed by atoms with van der Waals surface area (Å²) in [6, 6.07) is 11.6. The lowest BCUT2D eigenvalue weighted by Crippen LogP contribution is -1.83. The molecular weight excluding hydrogens is 256 g/mol. The molecular formula is C15H8N2OS. The van der Waals surface area contributed by atoms with Crippen LogP contribution in [0.2, 0.25) is 0 Å². The van der Waals surface area contributed by atoms with Crippen molar-refractivity contribution in [3.8, 4) is 17.2 Å². The number of carbonyl (C=O) groups is 1. The summed E-state index contributed by atoms with van der Waals surface area (Å²) in [5.41, 5.74) is 3.43. The van der Waals surface area contributed by atoms with Crippen LogP contribution in [0.1, 0.15) is 15.2 Å². The summed E-state index contributed by atoms with van der Waals surface area (Å²) in [5.74, 6) is 0. The highest BCUT2D eigenvalue weighted by molar-refractivity contribution is 7.12. The molecule has 0 aliphatic rings. The second kappa shape index (κ2) is 4.63. The van der Waals surface area contributed by atoms with E-state index in [9.17, 15) is 4.79 Å². The highest BCUT2D eigenvalue weighted by atomic mass is 32.1. The first-order valence-electron chi connectivity index (χ1n) is 5.64. The maximum absolute atomic E-state index is 10.7. The van der Waals surface area contributed by atoms with Crippen LogP contribution < -0.4 is 0 Å². The summed E-state index contributed by atoms with van der Waals surface area (Å²) >= 11 is 1.42. The Morgan fingerprint density at radius 3 is 2.84 bits per heavy atom. The third kappa shape index (κ3) is 2.12. The summed E-state index contributed by atoms with van der Waals surface area (Å²) < 4.78 is 0. The number of aromatic nitrogens is 1. The molecule has 0 amide bonds. The second-order valence-corrected chi connectivity index (χ2v) is 5.04. The van der Waals surface area contributed by atoms with Crippen molar-refractivity contribution >= 4 is 28.5 Å². The maximum Gasteiger partial charge on any atom is 0.160 e. The standard InChI is InChI=1S/C15H8N2OS/c16-6-10-3-12-4-11(1-2-15(12)17-7-10)13-5-14(8-18)19-9-13/h1-5,7-9H. The fourth-order valence-corrected chi connectivity index (χ4v) is 2.66. The van der Waals surface area contributed by atoms with Crippen LogP contribution in [-0.2, 0) is 0 Å². The van der Waals surface area contributed by atoms with Gasteiger partial charge < -0.3 is 0 Å². The predicted octanol–water partition coefficient (Wildman–Crippen LogP) is 3.65. The number of hydrogen-bond acceptors (Lipinski definition) is 4. The van der Waals surface area contributed by atoms with Crippen molar-refractivity contribution in [2.24, 2.45) is 0 Å². The van der Waals surface area contributed by atoms with E-state index in [2.05, 4.69) is 11.1 Å². The van der Waals surface area contributed by atoms with E-state index in [1.807, 2.05) is 35.7 Å². The molecule has 19 heavy (non-hydrogen) atoms. The average molecular weight is 264 g/mol. The molecule has 0 fully saturated rings. The van der Waals surface area contributed by atoms with Gasteiger partial charge in [0.25, 0.3) is 0 Å². The van der Waals surface area contributed by atoms with Gasteiger partial charge in [0.05, 0.1) is 16.0 Å². The number of aldehydes is 1. The molecule has 2 heterocycles. The molecule has 2 aromatic heterocycles. The zero-order valence-corrected chi connectivity index (χ0v) is 10.6. The molecule has 0 unspecified atom stereocenters. The fraction of sp³-hybridized carbons (Fsp3) is 0. The molecule has 0 bridgehead atoms. The first kappa shape index (κ1) is 11.6. The molecule has 0 N–H and O–H groups in total. The average Bonchev–Trinajstić information content (AvgIpc) is 2.95. The minimum atomic E-state index is 0.545. The molecule has 3 rings (SSSR count). The van der Waals surface area contributed by atoms with E-state index < -0.39 is 0 Å². The molecule has 0 aliphatic heterocycles. The van der Waals surface area contributed by atoms with Gasteiger partial charge in [-0.15, -0.1) is 11.3 Å². The Kier molecular flexibility index (Phi) is 2.82. The van der Waals surface area contributed by atoms with Gasteiger partial charge in [-0.1, -0.05) is 6.07 Å². The molecule has 0 saturated carbocycles. The van der Waals surface area contributed by atoms with Crippen molar-refractivity contribution in [1.82, 2.24) is 4.98 Å². The van der Waals surface area contributed by atoms with Crippen molar-refractivity contribution in [3.05, 3.63) is 52.3 Å². The molecule has 0 radical (unpaired) electrons. The summed E-state index contributed by atoms with van der Waals surface area (Å²) in [6.07, 6.45) is 2.42. The zero-order chi connectivity index (χ0) is 13.2. The monoisotopic (exact) mass is 264 g/mol. The highest BCUT2D eigenvalue weighted by Crippen LogP contribution is 2.27. The number of hydrogen-bond donors (Lipinski definition) is 0. The van der Waals surface area contributed by atoms with Crippen LogP contribution in [0.3, 0.4) is 0 Å². The van der Waals surface area contributed by atoms with Gasteiger partial charge in [0.15, 0.2) is 6.29 Å². The molecule has 0 atom stereocenters. The molecule has 0 aliphatic carbocycles. The Labute approximate surface area is 113 Å². The Hall–Kier alpha value is -2.51. The number of benzene rings is 1. The number of fused-ring (bicyclic) bond motifs is 1. The van der Waals surface area contributed by atoms with Crippen molar-refractivity contribution in [2.75, 3.05) is 0 Å².